The number of hydrogen-bond acceptors (Lipinski definition) is 4. The van der Waals surface area contributed by atoms with Crippen molar-refractivity contribution in [2.24, 2.45) is 0 Å². The lowest BCUT2D eigenvalue weighted by Gasteiger charge is -2.23. The van der Waals surface area contributed by atoms with Crippen molar-refractivity contribution in [1.82, 2.24) is 14.5 Å². The monoisotopic (exact) mass is 345 g/mol. The third-order valence-corrected chi connectivity index (χ3v) is 4.98. The number of likely N-dealkylation sites (N-methyl/N-ethyl adjacent to an activating group) is 1. The molecule has 0 aliphatic carbocycles. The summed E-state index contributed by atoms with van der Waals surface area (Å²) in [4.78, 5) is 15.1. The average molecular weight is 345 g/mol. The van der Waals surface area contributed by atoms with Gasteiger partial charge in [-0.25, -0.2) is 17.5 Å². The molecule has 1 aromatic carbocycles. The SMILES string of the molecule is CC(=O)N(CCNS(=O)(=O)c1ccc(F)cc1C)CCN(C)C. The van der Waals surface area contributed by atoms with E-state index in [-0.39, 0.29) is 23.9 Å². The molecule has 130 valence electrons. The van der Waals surface area contributed by atoms with Gasteiger partial charge in [-0.15, -0.1) is 0 Å². The highest BCUT2D eigenvalue weighted by Gasteiger charge is 2.17. The van der Waals surface area contributed by atoms with E-state index in [0.29, 0.717) is 18.7 Å². The fourth-order valence-electron chi connectivity index (χ4n) is 2.05. The Morgan fingerprint density at radius 2 is 1.87 bits per heavy atom. The number of nitrogens with zero attached hydrogens (tertiary/aromatic N) is 2. The second-order valence-electron chi connectivity index (χ2n) is 5.62. The van der Waals surface area contributed by atoms with Crippen molar-refractivity contribution in [3.8, 4) is 0 Å². The van der Waals surface area contributed by atoms with E-state index in [1.807, 2.05) is 19.0 Å². The van der Waals surface area contributed by atoms with Crippen LogP contribution in [0.2, 0.25) is 0 Å². The van der Waals surface area contributed by atoms with Gasteiger partial charge in [0.2, 0.25) is 15.9 Å². The molecule has 0 aromatic heterocycles. The summed E-state index contributed by atoms with van der Waals surface area (Å²) in [5, 5.41) is 0. The summed E-state index contributed by atoms with van der Waals surface area (Å²) in [6, 6.07) is 3.52. The molecular formula is C15H24FN3O3S. The first-order valence-corrected chi connectivity index (χ1v) is 8.78. The molecule has 6 nitrogen and oxygen atoms in total. The van der Waals surface area contributed by atoms with Gasteiger partial charge in [-0.05, 0) is 44.8 Å². The second kappa shape index (κ2) is 8.37. The standard InChI is InChI=1S/C15H24FN3O3S/c1-12-11-14(16)5-6-15(12)23(21,22)17-7-8-19(13(2)20)10-9-18(3)4/h5-6,11,17H,7-10H2,1-4H3. The molecule has 1 rings (SSSR count). The zero-order valence-electron chi connectivity index (χ0n) is 14.0. The van der Waals surface area contributed by atoms with Crippen molar-refractivity contribution in [3.05, 3.63) is 29.6 Å². The summed E-state index contributed by atoms with van der Waals surface area (Å²) in [7, 11) is 0.0769. The van der Waals surface area contributed by atoms with Crippen molar-refractivity contribution in [3.63, 3.8) is 0 Å². The summed E-state index contributed by atoms with van der Waals surface area (Å²) in [6.07, 6.45) is 0. The Hall–Kier alpha value is -1.51. The van der Waals surface area contributed by atoms with Gasteiger partial charge in [-0.2, -0.15) is 0 Å². The van der Waals surface area contributed by atoms with Crippen molar-refractivity contribution in [2.75, 3.05) is 40.3 Å². The van der Waals surface area contributed by atoms with E-state index < -0.39 is 15.8 Å². The van der Waals surface area contributed by atoms with Gasteiger partial charge in [0.25, 0.3) is 0 Å². The predicted molar refractivity (Wildman–Crippen MR) is 87.1 cm³/mol. The van der Waals surface area contributed by atoms with Crippen molar-refractivity contribution < 1.29 is 17.6 Å². The van der Waals surface area contributed by atoms with Crippen LogP contribution in [0, 0.1) is 12.7 Å². The number of halogens is 1. The molecule has 0 atom stereocenters. The fraction of sp³-hybridized carbons (Fsp3) is 0.533. The highest BCUT2D eigenvalue weighted by molar-refractivity contribution is 7.89. The molecule has 23 heavy (non-hydrogen) atoms. The first kappa shape index (κ1) is 19.5. The molecule has 0 fully saturated rings. The number of rotatable bonds is 8. The number of benzene rings is 1. The minimum absolute atomic E-state index is 0.0431. The third kappa shape index (κ3) is 6.25. The molecule has 1 amide bonds. The maximum Gasteiger partial charge on any atom is 0.240 e. The molecule has 0 unspecified atom stereocenters. The summed E-state index contributed by atoms with van der Waals surface area (Å²) < 4.78 is 40.0. The Balaban J connectivity index is 2.66. The molecular weight excluding hydrogens is 321 g/mol. The lowest BCUT2D eigenvalue weighted by molar-refractivity contribution is -0.128. The van der Waals surface area contributed by atoms with Crippen molar-refractivity contribution in [1.29, 1.82) is 0 Å². The molecule has 0 spiro atoms. The fourth-order valence-corrected chi connectivity index (χ4v) is 3.30. The number of carbonyl (C=O) groups is 1. The van der Waals surface area contributed by atoms with E-state index in [2.05, 4.69) is 4.72 Å². The van der Waals surface area contributed by atoms with Crippen LogP contribution in [0.15, 0.2) is 23.1 Å². The number of nitrogens with one attached hydrogen (secondary N) is 1. The molecule has 0 aliphatic rings. The molecule has 0 saturated carbocycles. The number of hydrogen-bond donors (Lipinski definition) is 1. The molecule has 8 heteroatoms. The molecule has 0 aliphatic heterocycles. The minimum Gasteiger partial charge on any atom is -0.340 e. The largest absolute Gasteiger partial charge is 0.340 e. The van der Waals surface area contributed by atoms with Crippen molar-refractivity contribution >= 4 is 15.9 Å². The van der Waals surface area contributed by atoms with Gasteiger partial charge < -0.3 is 9.80 Å². The van der Waals surface area contributed by atoms with E-state index in [1.54, 1.807) is 4.90 Å². The Morgan fingerprint density at radius 1 is 1.22 bits per heavy atom. The maximum absolute atomic E-state index is 13.1. The van der Waals surface area contributed by atoms with E-state index in [9.17, 15) is 17.6 Å². The normalized spacial score (nSPS) is 11.7. The Labute approximate surface area is 137 Å². The summed E-state index contributed by atoms with van der Waals surface area (Å²) in [6.45, 7) is 4.60. The number of amides is 1. The summed E-state index contributed by atoms with van der Waals surface area (Å²) in [5.41, 5.74) is 0.341. The van der Waals surface area contributed by atoms with Crippen LogP contribution in [0.25, 0.3) is 0 Å². The second-order valence-corrected chi connectivity index (χ2v) is 7.35. The molecule has 1 aromatic rings. The van der Waals surface area contributed by atoms with Crippen LogP contribution in [0.5, 0.6) is 0 Å². The zero-order valence-corrected chi connectivity index (χ0v) is 14.8. The van der Waals surface area contributed by atoms with E-state index in [0.717, 1.165) is 6.07 Å². The number of sulfonamides is 1. The van der Waals surface area contributed by atoms with Crippen LogP contribution >= 0.6 is 0 Å². The summed E-state index contributed by atoms with van der Waals surface area (Å²) in [5.74, 6) is -0.586. The van der Waals surface area contributed by atoms with E-state index in [1.165, 1.54) is 26.0 Å². The quantitative estimate of drug-likeness (QED) is 0.757. The van der Waals surface area contributed by atoms with Gasteiger partial charge in [-0.1, -0.05) is 0 Å². The van der Waals surface area contributed by atoms with Crippen molar-refractivity contribution in [2.45, 2.75) is 18.7 Å². The van der Waals surface area contributed by atoms with Crippen LogP contribution in [-0.2, 0) is 14.8 Å². The van der Waals surface area contributed by atoms with Crippen LogP contribution in [0.1, 0.15) is 12.5 Å². The maximum atomic E-state index is 13.1. The average Bonchev–Trinajstić information content (AvgIpc) is 2.41. The smallest absolute Gasteiger partial charge is 0.240 e. The lowest BCUT2D eigenvalue weighted by atomic mass is 10.2. The predicted octanol–water partition coefficient (Wildman–Crippen LogP) is 0.823. The first-order valence-electron chi connectivity index (χ1n) is 7.29. The van der Waals surface area contributed by atoms with Gasteiger partial charge >= 0.3 is 0 Å². The van der Waals surface area contributed by atoms with Crippen LogP contribution in [0.3, 0.4) is 0 Å². The van der Waals surface area contributed by atoms with Gasteiger partial charge in [0.1, 0.15) is 5.82 Å². The van der Waals surface area contributed by atoms with Crippen LogP contribution in [-0.4, -0.2) is 64.4 Å². The van der Waals surface area contributed by atoms with Crippen LogP contribution in [0.4, 0.5) is 4.39 Å². The van der Waals surface area contributed by atoms with Gasteiger partial charge in [0.05, 0.1) is 4.90 Å². The molecule has 0 bridgehead atoms. The highest BCUT2D eigenvalue weighted by atomic mass is 32.2. The Bertz CT molecular complexity index is 647. The first-order chi connectivity index (χ1) is 10.6. The molecule has 1 N–H and O–H groups in total. The third-order valence-electron chi connectivity index (χ3n) is 3.36. The van der Waals surface area contributed by atoms with Crippen LogP contribution < -0.4 is 4.72 Å². The molecule has 0 saturated heterocycles. The number of aryl methyl sites for hydroxylation is 1. The zero-order chi connectivity index (χ0) is 17.6. The number of carbonyl (C=O) groups excluding carboxylic acids is 1. The Morgan fingerprint density at radius 3 is 2.39 bits per heavy atom. The van der Waals surface area contributed by atoms with Gasteiger partial charge in [-0.3, -0.25) is 4.79 Å². The Kier molecular flexibility index (Phi) is 7.11. The van der Waals surface area contributed by atoms with E-state index >= 15 is 0 Å². The summed E-state index contributed by atoms with van der Waals surface area (Å²) >= 11 is 0. The van der Waals surface area contributed by atoms with Gasteiger partial charge in [0, 0.05) is 33.1 Å². The molecule has 0 heterocycles. The lowest BCUT2D eigenvalue weighted by Crippen LogP contribution is -2.40. The molecule has 0 radical (unpaired) electrons. The minimum atomic E-state index is -3.73. The van der Waals surface area contributed by atoms with E-state index in [4.69, 9.17) is 0 Å². The highest BCUT2D eigenvalue weighted by Crippen LogP contribution is 2.15. The van der Waals surface area contributed by atoms with Gasteiger partial charge in [0.15, 0.2) is 0 Å². The topological polar surface area (TPSA) is 69.7 Å².